The number of rotatable bonds is 3. The van der Waals surface area contributed by atoms with Crippen LogP contribution in [0.15, 0.2) is 53.4 Å². The van der Waals surface area contributed by atoms with Crippen LogP contribution in [0.2, 0.25) is 0 Å². The Morgan fingerprint density at radius 2 is 1.81 bits per heavy atom. The molecule has 1 saturated heterocycles. The van der Waals surface area contributed by atoms with Gasteiger partial charge in [0.25, 0.3) is 5.91 Å². The van der Waals surface area contributed by atoms with Gasteiger partial charge in [-0.25, -0.2) is 4.39 Å². The minimum atomic E-state index is -4.45. The van der Waals surface area contributed by atoms with Crippen molar-refractivity contribution in [2.75, 3.05) is 0 Å². The summed E-state index contributed by atoms with van der Waals surface area (Å²) in [5.74, 6) is -0.777. The van der Waals surface area contributed by atoms with Gasteiger partial charge in [-0.2, -0.15) is 13.2 Å². The molecular formula is C18H11F4NOS2. The smallest absolute Gasteiger partial charge is 0.288 e. The molecule has 3 rings (SSSR count). The minimum Gasteiger partial charge on any atom is -0.288 e. The van der Waals surface area contributed by atoms with Crippen molar-refractivity contribution in [1.82, 2.24) is 4.90 Å². The molecule has 8 heteroatoms. The van der Waals surface area contributed by atoms with Crippen molar-refractivity contribution in [3.05, 3.63) is 75.9 Å². The quantitative estimate of drug-likeness (QED) is 0.401. The number of hydrogen-bond donors (Lipinski definition) is 0. The lowest BCUT2D eigenvalue weighted by atomic mass is 10.1. The Morgan fingerprint density at radius 1 is 1.12 bits per heavy atom. The van der Waals surface area contributed by atoms with Gasteiger partial charge in [0.15, 0.2) is 0 Å². The molecule has 0 aromatic heterocycles. The topological polar surface area (TPSA) is 20.3 Å². The fourth-order valence-electron chi connectivity index (χ4n) is 2.38. The summed E-state index contributed by atoms with van der Waals surface area (Å²) in [6.07, 6.45) is -2.88. The highest BCUT2D eigenvalue weighted by Crippen LogP contribution is 2.34. The summed E-state index contributed by atoms with van der Waals surface area (Å²) in [6, 6.07) is 10.4. The molecule has 2 aromatic rings. The summed E-state index contributed by atoms with van der Waals surface area (Å²) in [5.41, 5.74) is 0.187. The number of carbonyl (C=O) groups is 1. The average Bonchev–Trinajstić information content (AvgIpc) is 2.84. The highest BCUT2D eigenvalue weighted by atomic mass is 32.2. The first-order valence-corrected chi connectivity index (χ1v) is 8.63. The summed E-state index contributed by atoms with van der Waals surface area (Å²) >= 11 is 6.24. The molecule has 26 heavy (non-hydrogen) atoms. The molecule has 0 N–H and O–H groups in total. The van der Waals surface area contributed by atoms with Crippen molar-refractivity contribution >= 4 is 40.3 Å². The maximum Gasteiger partial charge on any atom is 0.416 e. The van der Waals surface area contributed by atoms with Crippen LogP contribution in [0.1, 0.15) is 16.7 Å². The summed E-state index contributed by atoms with van der Waals surface area (Å²) in [5, 5.41) is 0. The first-order valence-electron chi connectivity index (χ1n) is 7.41. The normalized spacial score (nSPS) is 16.6. The number of benzene rings is 2. The third-order valence-corrected chi connectivity index (χ3v) is 5.01. The van der Waals surface area contributed by atoms with Crippen LogP contribution in [0.5, 0.6) is 0 Å². The van der Waals surface area contributed by atoms with Crippen LogP contribution in [-0.2, 0) is 17.5 Å². The zero-order chi connectivity index (χ0) is 18.9. The highest BCUT2D eigenvalue weighted by Gasteiger charge is 2.33. The van der Waals surface area contributed by atoms with Crippen LogP contribution in [-0.4, -0.2) is 15.1 Å². The largest absolute Gasteiger partial charge is 0.416 e. The van der Waals surface area contributed by atoms with Crippen molar-refractivity contribution < 1.29 is 22.4 Å². The van der Waals surface area contributed by atoms with Gasteiger partial charge in [-0.1, -0.05) is 48.2 Å². The summed E-state index contributed by atoms with van der Waals surface area (Å²) in [6.45, 7) is -0.0463. The molecule has 0 atom stereocenters. The Balaban J connectivity index is 1.81. The van der Waals surface area contributed by atoms with Gasteiger partial charge in [-0.3, -0.25) is 9.69 Å². The van der Waals surface area contributed by atoms with Gasteiger partial charge in [0.1, 0.15) is 10.1 Å². The minimum absolute atomic E-state index is 0.0463. The molecule has 1 fully saturated rings. The van der Waals surface area contributed by atoms with Crippen molar-refractivity contribution in [1.29, 1.82) is 0 Å². The van der Waals surface area contributed by atoms with E-state index in [0.717, 1.165) is 23.9 Å². The van der Waals surface area contributed by atoms with Crippen molar-refractivity contribution in [3.8, 4) is 0 Å². The number of nitrogens with zero attached hydrogens (tertiary/aromatic N) is 1. The number of amides is 1. The van der Waals surface area contributed by atoms with E-state index < -0.39 is 11.7 Å². The fraction of sp³-hybridized carbons (Fsp3) is 0.111. The second-order valence-electron chi connectivity index (χ2n) is 5.52. The molecule has 2 aromatic carbocycles. The molecule has 1 aliphatic rings. The lowest BCUT2D eigenvalue weighted by Gasteiger charge is -2.15. The van der Waals surface area contributed by atoms with E-state index in [0.29, 0.717) is 16.0 Å². The molecule has 1 aliphatic heterocycles. The van der Waals surface area contributed by atoms with E-state index in [2.05, 4.69) is 0 Å². The standard InChI is InChI=1S/C18H11F4NOS2/c19-14-6-4-11(5-7-14)9-15-16(24)23(17(25)26-15)10-12-2-1-3-13(8-12)18(20,21)22/h1-9H,10H2/b15-9-. The molecule has 0 saturated carbocycles. The monoisotopic (exact) mass is 397 g/mol. The maximum absolute atomic E-state index is 13.0. The van der Waals surface area contributed by atoms with E-state index in [-0.39, 0.29) is 22.6 Å². The predicted molar refractivity (Wildman–Crippen MR) is 96.6 cm³/mol. The zero-order valence-electron chi connectivity index (χ0n) is 13.1. The van der Waals surface area contributed by atoms with Gasteiger partial charge in [-0.05, 0) is 41.5 Å². The number of thioether (sulfide) groups is 1. The van der Waals surface area contributed by atoms with Crippen molar-refractivity contribution in [2.24, 2.45) is 0 Å². The lowest BCUT2D eigenvalue weighted by Crippen LogP contribution is -2.27. The van der Waals surface area contributed by atoms with E-state index >= 15 is 0 Å². The third kappa shape index (κ3) is 4.13. The molecule has 1 heterocycles. The fourth-order valence-corrected chi connectivity index (χ4v) is 3.63. The highest BCUT2D eigenvalue weighted by molar-refractivity contribution is 8.26. The maximum atomic E-state index is 13.0. The number of hydrogen-bond acceptors (Lipinski definition) is 3. The van der Waals surface area contributed by atoms with Crippen molar-refractivity contribution in [2.45, 2.75) is 12.7 Å². The van der Waals surface area contributed by atoms with Crippen LogP contribution in [0.4, 0.5) is 17.6 Å². The van der Waals surface area contributed by atoms with Gasteiger partial charge in [0.2, 0.25) is 0 Å². The van der Waals surface area contributed by atoms with E-state index in [4.69, 9.17) is 12.2 Å². The van der Waals surface area contributed by atoms with Gasteiger partial charge >= 0.3 is 6.18 Å². The molecule has 0 radical (unpaired) electrons. The second-order valence-corrected chi connectivity index (χ2v) is 7.19. The first kappa shape index (κ1) is 18.6. The summed E-state index contributed by atoms with van der Waals surface area (Å²) in [7, 11) is 0. The second kappa shape index (κ2) is 7.20. The number of halogens is 4. The average molecular weight is 397 g/mol. The Hall–Kier alpha value is -2.19. The summed E-state index contributed by atoms with van der Waals surface area (Å²) in [4.78, 5) is 14.1. The Bertz CT molecular complexity index is 891. The van der Waals surface area contributed by atoms with Crippen LogP contribution in [0, 0.1) is 5.82 Å². The molecule has 0 bridgehead atoms. The molecular weight excluding hydrogens is 386 g/mol. The van der Waals surface area contributed by atoms with Crippen LogP contribution in [0.25, 0.3) is 6.08 Å². The Labute approximate surface area is 156 Å². The van der Waals surface area contributed by atoms with Crippen molar-refractivity contribution in [3.63, 3.8) is 0 Å². The van der Waals surface area contributed by atoms with Gasteiger partial charge in [0, 0.05) is 0 Å². The van der Waals surface area contributed by atoms with E-state index in [1.54, 1.807) is 6.08 Å². The Kier molecular flexibility index (Phi) is 5.15. The molecule has 0 spiro atoms. The number of carbonyl (C=O) groups excluding carboxylic acids is 1. The predicted octanol–water partition coefficient (Wildman–Crippen LogP) is 5.25. The van der Waals surface area contributed by atoms with Crippen LogP contribution < -0.4 is 0 Å². The third-order valence-electron chi connectivity index (χ3n) is 3.64. The van der Waals surface area contributed by atoms with Gasteiger partial charge in [-0.15, -0.1) is 0 Å². The van der Waals surface area contributed by atoms with E-state index in [1.165, 1.54) is 41.3 Å². The molecule has 1 amide bonds. The molecule has 0 aliphatic carbocycles. The molecule has 0 unspecified atom stereocenters. The zero-order valence-corrected chi connectivity index (χ0v) is 14.7. The number of thiocarbonyl (C=S) groups is 1. The van der Waals surface area contributed by atoms with Crippen LogP contribution in [0.3, 0.4) is 0 Å². The summed E-state index contributed by atoms with van der Waals surface area (Å²) < 4.78 is 51.7. The number of alkyl halides is 3. The lowest BCUT2D eigenvalue weighted by molar-refractivity contribution is -0.137. The molecule has 2 nitrogen and oxygen atoms in total. The molecule has 134 valence electrons. The SMILES string of the molecule is O=C1/C(=C/c2ccc(F)cc2)SC(=S)N1Cc1cccc(C(F)(F)F)c1. The first-order chi connectivity index (χ1) is 12.2. The van der Waals surface area contributed by atoms with Crippen LogP contribution >= 0.6 is 24.0 Å². The van der Waals surface area contributed by atoms with E-state index in [1.807, 2.05) is 0 Å². The van der Waals surface area contributed by atoms with Gasteiger partial charge in [0.05, 0.1) is 17.0 Å². The Morgan fingerprint density at radius 3 is 2.46 bits per heavy atom. The van der Waals surface area contributed by atoms with E-state index in [9.17, 15) is 22.4 Å². The van der Waals surface area contributed by atoms with Gasteiger partial charge < -0.3 is 0 Å².